The Morgan fingerprint density at radius 2 is 1.81 bits per heavy atom. The van der Waals surface area contributed by atoms with Crippen molar-refractivity contribution < 1.29 is 4.79 Å². The number of carbonyl (C=O) groups excluding carboxylic acids is 1. The van der Waals surface area contributed by atoms with Gasteiger partial charge in [0.05, 0.1) is 0 Å². The van der Waals surface area contributed by atoms with Crippen molar-refractivity contribution in [1.29, 1.82) is 0 Å². The summed E-state index contributed by atoms with van der Waals surface area (Å²) in [6.45, 7) is 1.06. The van der Waals surface area contributed by atoms with Crippen molar-refractivity contribution in [3.63, 3.8) is 0 Å². The summed E-state index contributed by atoms with van der Waals surface area (Å²) in [4.78, 5) is 11.7. The van der Waals surface area contributed by atoms with E-state index in [2.05, 4.69) is 26.6 Å². The fourth-order valence-electron chi connectivity index (χ4n) is 1.90. The zero-order chi connectivity index (χ0) is 15.1. The van der Waals surface area contributed by atoms with Crippen LogP contribution >= 0.6 is 27.5 Å². The highest BCUT2D eigenvalue weighted by molar-refractivity contribution is 9.10. The Kier molecular flexibility index (Phi) is 6.08. The second-order valence-electron chi connectivity index (χ2n) is 4.62. The first-order valence-corrected chi connectivity index (χ1v) is 7.81. The zero-order valence-corrected chi connectivity index (χ0v) is 13.7. The van der Waals surface area contributed by atoms with Crippen molar-refractivity contribution in [3.8, 4) is 0 Å². The molecule has 0 radical (unpaired) electrons. The molecule has 2 rings (SSSR count). The largest absolute Gasteiger partial charge is 0.338 e. The fraction of sp³-hybridized carbons (Fsp3) is 0.188. The van der Waals surface area contributed by atoms with Gasteiger partial charge in [0.25, 0.3) is 0 Å². The molecule has 0 aliphatic carbocycles. The second-order valence-corrected chi connectivity index (χ2v) is 5.97. The molecule has 110 valence electrons. The summed E-state index contributed by atoms with van der Waals surface area (Å²) in [5.74, 6) is 0. The summed E-state index contributed by atoms with van der Waals surface area (Å²) in [7, 11) is 0. The van der Waals surface area contributed by atoms with Crippen molar-refractivity contribution in [2.24, 2.45) is 0 Å². The number of nitrogens with one attached hydrogen (secondary N) is 2. The van der Waals surface area contributed by atoms with Gasteiger partial charge in [0.1, 0.15) is 0 Å². The van der Waals surface area contributed by atoms with E-state index < -0.39 is 0 Å². The van der Waals surface area contributed by atoms with Gasteiger partial charge in [-0.05, 0) is 41.8 Å². The molecule has 5 heteroatoms. The first-order chi connectivity index (χ1) is 10.1. The Hall–Kier alpha value is -1.52. The molecule has 0 bridgehead atoms. The van der Waals surface area contributed by atoms with E-state index in [1.54, 1.807) is 0 Å². The van der Waals surface area contributed by atoms with E-state index >= 15 is 0 Å². The van der Waals surface area contributed by atoms with Gasteiger partial charge in [0, 0.05) is 22.6 Å². The van der Waals surface area contributed by atoms with Gasteiger partial charge in [-0.3, -0.25) is 0 Å². The van der Waals surface area contributed by atoms with Gasteiger partial charge in [-0.15, -0.1) is 0 Å². The van der Waals surface area contributed by atoms with Crippen molar-refractivity contribution in [3.05, 3.63) is 69.2 Å². The Labute approximate surface area is 137 Å². The normalized spacial score (nSPS) is 10.2. The highest BCUT2D eigenvalue weighted by Crippen LogP contribution is 2.12. The number of hydrogen-bond donors (Lipinski definition) is 2. The van der Waals surface area contributed by atoms with Crippen LogP contribution in [-0.4, -0.2) is 12.6 Å². The highest BCUT2D eigenvalue weighted by atomic mass is 79.9. The molecule has 0 saturated carbocycles. The summed E-state index contributed by atoms with van der Waals surface area (Å²) in [6, 6.07) is 15.3. The molecule has 2 aromatic carbocycles. The number of urea groups is 1. The predicted octanol–water partition coefficient (Wildman–Crippen LogP) is 4.14. The molecule has 3 nitrogen and oxygen atoms in total. The molecule has 2 amide bonds. The van der Waals surface area contributed by atoms with Crippen molar-refractivity contribution >= 4 is 33.6 Å². The minimum atomic E-state index is -0.176. The van der Waals surface area contributed by atoms with Gasteiger partial charge in [-0.2, -0.15) is 0 Å². The van der Waals surface area contributed by atoms with Crippen molar-refractivity contribution in [2.75, 3.05) is 6.54 Å². The maximum absolute atomic E-state index is 11.7. The molecule has 2 aromatic rings. The van der Waals surface area contributed by atoms with Crippen LogP contribution in [0.5, 0.6) is 0 Å². The molecule has 0 aliphatic rings. The monoisotopic (exact) mass is 366 g/mol. The maximum atomic E-state index is 11.7. The molecule has 2 N–H and O–H groups in total. The minimum absolute atomic E-state index is 0.176. The van der Waals surface area contributed by atoms with Gasteiger partial charge in [0.2, 0.25) is 0 Å². The van der Waals surface area contributed by atoms with Gasteiger partial charge >= 0.3 is 6.03 Å². The smallest absolute Gasteiger partial charge is 0.315 e. The lowest BCUT2D eigenvalue weighted by atomic mass is 10.1. The zero-order valence-electron chi connectivity index (χ0n) is 11.4. The molecule has 0 unspecified atom stereocenters. The van der Waals surface area contributed by atoms with Crippen LogP contribution in [0.4, 0.5) is 4.79 Å². The van der Waals surface area contributed by atoms with Crippen LogP contribution in [-0.2, 0) is 13.0 Å². The van der Waals surface area contributed by atoms with Crippen LogP contribution in [0, 0.1) is 0 Å². The topological polar surface area (TPSA) is 41.1 Å². The Balaban J connectivity index is 1.70. The van der Waals surface area contributed by atoms with Gasteiger partial charge in [-0.1, -0.05) is 51.8 Å². The summed E-state index contributed by atoms with van der Waals surface area (Å²) in [5, 5.41) is 6.31. The van der Waals surface area contributed by atoms with E-state index in [1.807, 2.05) is 48.5 Å². The second kappa shape index (κ2) is 8.05. The number of halogens is 2. The van der Waals surface area contributed by atoms with Crippen LogP contribution < -0.4 is 10.6 Å². The number of rotatable bonds is 5. The Bertz CT molecular complexity index is 619. The van der Waals surface area contributed by atoms with Crippen LogP contribution in [0.1, 0.15) is 11.1 Å². The number of carbonyl (C=O) groups is 1. The summed E-state index contributed by atoms with van der Waals surface area (Å²) in [5.41, 5.74) is 2.16. The SMILES string of the molecule is O=C(NCCc1cccc(Br)c1)NCc1cccc(Cl)c1. The highest BCUT2D eigenvalue weighted by Gasteiger charge is 2.01. The van der Waals surface area contributed by atoms with Crippen molar-refractivity contribution in [1.82, 2.24) is 10.6 Å². The van der Waals surface area contributed by atoms with Gasteiger partial charge < -0.3 is 10.6 Å². The van der Waals surface area contributed by atoms with E-state index in [1.165, 1.54) is 5.56 Å². The van der Waals surface area contributed by atoms with E-state index in [9.17, 15) is 4.79 Å². The average molecular weight is 368 g/mol. The van der Waals surface area contributed by atoms with Gasteiger partial charge in [0.15, 0.2) is 0 Å². The molecular weight excluding hydrogens is 352 g/mol. The van der Waals surface area contributed by atoms with E-state index in [-0.39, 0.29) is 6.03 Å². The molecule has 0 fully saturated rings. The number of benzene rings is 2. The minimum Gasteiger partial charge on any atom is -0.338 e. The lowest BCUT2D eigenvalue weighted by Gasteiger charge is -2.08. The van der Waals surface area contributed by atoms with E-state index in [0.717, 1.165) is 16.5 Å². The Morgan fingerprint density at radius 1 is 1.05 bits per heavy atom. The summed E-state index contributed by atoms with van der Waals surface area (Å²) >= 11 is 9.32. The first-order valence-electron chi connectivity index (χ1n) is 6.64. The van der Waals surface area contributed by atoms with E-state index in [4.69, 9.17) is 11.6 Å². The molecule has 0 heterocycles. The fourth-order valence-corrected chi connectivity index (χ4v) is 2.56. The predicted molar refractivity (Wildman–Crippen MR) is 89.5 cm³/mol. The quantitative estimate of drug-likeness (QED) is 0.819. The first kappa shape index (κ1) is 15.9. The molecule has 0 aromatic heterocycles. The lowest BCUT2D eigenvalue weighted by molar-refractivity contribution is 0.240. The van der Waals surface area contributed by atoms with Gasteiger partial charge in [-0.25, -0.2) is 4.79 Å². The molecule has 0 atom stereocenters. The summed E-state index contributed by atoms with van der Waals surface area (Å²) < 4.78 is 1.05. The van der Waals surface area contributed by atoms with Crippen molar-refractivity contribution in [2.45, 2.75) is 13.0 Å². The maximum Gasteiger partial charge on any atom is 0.315 e. The van der Waals surface area contributed by atoms with Crippen LogP contribution in [0.3, 0.4) is 0 Å². The number of amides is 2. The average Bonchev–Trinajstić information content (AvgIpc) is 2.45. The lowest BCUT2D eigenvalue weighted by Crippen LogP contribution is -2.36. The molecule has 21 heavy (non-hydrogen) atoms. The molecule has 0 saturated heterocycles. The van der Waals surface area contributed by atoms with Crippen LogP contribution in [0.2, 0.25) is 5.02 Å². The van der Waals surface area contributed by atoms with Crippen LogP contribution in [0.15, 0.2) is 53.0 Å². The van der Waals surface area contributed by atoms with Crippen LogP contribution in [0.25, 0.3) is 0 Å². The third-order valence-corrected chi connectivity index (χ3v) is 3.66. The standard InChI is InChI=1S/C16H16BrClN2O/c17-14-5-1-3-12(9-14)7-8-19-16(21)20-11-13-4-2-6-15(18)10-13/h1-6,9-10H,7-8,11H2,(H2,19,20,21). The molecule has 0 spiro atoms. The third kappa shape index (κ3) is 5.78. The third-order valence-electron chi connectivity index (χ3n) is 2.93. The molecule has 0 aliphatic heterocycles. The molecular formula is C16H16BrClN2O. The Morgan fingerprint density at radius 3 is 2.57 bits per heavy atom. The van der Waals surface area contributed by atoms with E-state index in [0.29, 0.717) is 18.1 Å². The summed E-state index contributed by atoms with van der Waals surface area (Å²) in [6.07, 6.45) is 0.796. The number of hydrogen-bond acceptors (Lipinski definition) is 1.